The molecule has 0 atom stereocenters. The maximum Gasteiger partial charge on any atom is 0.410 e. The number of hydrogen-bond acceptors (Lipinski definition) is 5. The summed E-state index contributed by atoms with van der Waals surface area (Å²) < 4.78 is 33.5. The Kier molecular flexibility index (Phi) is 6.09. The summed E-state index contributed by atoms with van der Waals surface area (Å²) in [5.74, 6) is -0.252. The Labute approximate surface area is 194 Å². The number of rotatable bonds is 3. The van der Waals surface area contributed by atoms with E-state index in [0.717, 1.165) is 5.56 Å². The predicted octanol–water partition coefficient (Wildman–Crippen LogP) is 3.13. The third-order valence-corrected chi connectivity index (χ3v) is 7.54. The van der Waals surface area contributed by atoms with Crippen LogP contribution in [0, 0.1) is 0 Å². The second-order valence-electron chi connectivity index (χ2n) is 9.24. The maximum atomic E-state index is 13.3. The van der Waals surface area contributed by atoms with Gasteiger partial charge in [-0.2, -0.15) is 0 Å². The Morgan fingerprint density at radius 2 is 1.55 bits per heavy atom. The van der Waals surface area contributed by atoms with Crippen molar-refractivity contribution in [1.29, 1.82) is 0 Å². The molecular weight excluding hydrogens is 442 g/mol. The lowest BCUT2D eigenvalue weighted by atomic mass is 10.2. The first-order chi connectivity index (χ1) is 15.6. The van der Waals surface area contributed by atoms with Gasteiger partial charge >= 0.3 is 6.09 Å². The highest BCUT2D eigenvalue weighted by atomic mass is 32.2. The summed E-state index contributed by atoms with van der Waals surface area (Å²) in [7, 11) is -3.78. The number of ether oxygens (including phenoxy) is 1. The summed E-state index contributed by atoms with van der Waals surface area (Å²) in [5.41, 5.74) is 1.42. The van der Waals surface area contributed by atoms with Crippen LogP contribution in [-0.4, -0.2) is 68.5 Å². The number of carbonyl (C=O) groups is 2. The molecule has 0 aliphatic carbocycles. The lowest BCUT2D eigenvalue weighted by molar-refractivity contribution is 0.0141. The monoisotopic (exact) mass is 471 g/mol. The molecule has 0 radical (unpaired) electrons. The van der Waals surface area contributed by atoms with Crippen LogP contribution < -0.4 is 4.31 Å². The molecule has 4 rings (SSSR count). The third kappa shape index (κ3) is 4.83. The number of piperazine rings is 1. The fourth-order valence-electron chi connectivity index (χ4n) is 4.08. The van der Waals surface area contributed by atoms with Crippen molar-refractivity contribution in [3.05, 3.63) is 59.7 Å². The van der Waals surface area contributed by atoms with Gasteiger partial charge in [0, 0.05) is 38.3 Å². The summed E-state index contributed by atoms with van der Waals surface area (Å²) in [6.45, 7) is 7.26. The molecule has 2 aliphatic heterocycles. The smallest absolute Gasteiger partial charge is 0.410 e. The van der Waals surface area contributed by atoms with Crippen LogP contribution in [0.5, 0.6) is 0 Å². The second-order valence-corrected chi connectivity index (χ2v) is 11.1. The number of benzene rings is 2. The molecule has 2 amide bonds. The van der Waals surface area contributed by atoms with Crippen LogP contribution in [0.3, 0.4) is 0 Å². The number of anilines is 1. The molecule has 2 heterocycles. The van der Waals surface area contributed by atoms with Gasteiger partial charge in [-0.3, -0.25) is 9.10 Å². The van der Waals surface area contributed by atoms with E-state index in [1.54, 1.807) is 28.0 Å². The molecule has 2 aromatic carbocycles. The summed E-state index contributed by atoms with van der Waals surface area (Å²) in [6.07, 6.45) is 0.268. The molecule has 2 aliphatic rings. The van der Waals surface area contributed by atoms with E-state index in [0.29, 0.717) is 50.4 Å². The Balaban J connectivity index is 1.46. The molecule has 0 N–H and O–H groups in total. The first kappa shape index (κ1) is 23.1. The van der Waals surface area contributed by atoms with Crippen molar-refractivity contribution >= 4 is 27.7 Å². The standard InChI is InChI=1S/C24H29N3O5S/c1-24(2,3)32-23(29)26-15-13-25(14-16-26)22(28)19-8-6-9-20(17-19)33(30,31)27-12-11-18-7-4-5-10-21(18)27/h4-10,17H,11-16H2,1-3H3. The molecule has 1 fully saturated rings. The van der Waals surface area contributed by atoms with E-state index in [4.69, 9.17) is 4.74 Å². The van der Waals surface area contributed by atoms with Crippen LogP contribution in [0.4, 0.5) is 10.5 Å². The molecule has 1 saturated heterocycles. The van der Waals surface area contributed by atoms with Crippen LogP contribution in [-0.2, 0) is 21.2 Å². The largest absolute Gasteiger partial charge is 0.444 e. The quantitative estimate of drug-likeness (QED) is 0.686. The molecule has 176 valence electrons. The first-order valence-corrected chi connectivity index (χ1v) is 12.5. The molecule has 8 nitrogen and oxygen atoms in total. The van der Waals surface area contributed by atoms with Crippen molar-refractivity contribution in [2.24, 2.45) is 0 Å². The molecular formula is C24H29N3O5S. The minimum absolute atomic E-state index is 0.0949. The van der Waals surface area contributed by atoms with Gasteiger partial charge in [-0.15, -0.1) is 0 Å². The zero-order valence-corrected chi connectivity index (χ0v) is 20.0. The lowest BCUT2D eigenvalue weighted by Gasteiger charge is -2.35. The minimum atomic E-state index is -3.78. The zero-order valence-electron chi connectivity index (χ0n) is 19.2. The van der Waals surface area contributed by atoms with E-state index in [2.05, 4.69) is 0 Å². The summed E-state index contributed by atoms with van der Waals surface area (Å²) >= 11 is 0. The summed E-state index contributed by atoms with van der Waals surface area (Å²) in [5, 5.41) is 0. The fourth-order valence-corrected chi connectivity index (χ4v) is 5.63. The van der Waals surface area contributed by atoms with Crippen LogP contribution in [0.25, 0.3) is 0 Å². The average Bonchev–Trinajstić information content (AvgIpc) is 3.23. The Hall–Kier alpha value is -3.07. The SMILES string of the molecule is CC(C)(C)OC(=O)N1CCN(C(=O)c2cccc(S(=O)(=O)N3CCc4ccccc43)c2)CC1. The summed E-state index contributed by atoms with van der Waals surface area (Å²) in [4.78, 5) is 28.7. The molecule has 33 heavy (non-hydrogen) atoms. The van der Waals surface area contributed by atoms with E-state index in [1.165, 1.54) is 16.4 Å². The van der Waals surface area contributed by atoms with Crippen molar-refractivity contribution in [1.82, 2.24) is 9.80 Å². The molecule has 0 aromatic heterocycles. The van der Waals surface area contributed by atoms with Gasteiger partial charge in [-0.1, -0.05) is 24.3 Å². The molecule has 0 spiro atoms. The van der Waals surface area contributed by atoms with Crippen molar-refractivity contribution in [2.75, 3.05) is 37.0 Å². The highest BCUT2D eigenvalue weighted by Gasteiger charge is 2.32. The van der Waals surface area contributed by atoms with E-state index >= 15 is 0 Å². The van der Waals surface area contributed by atoms with Crippen LogP contribution in [0.15, 0.2) is 53.4 Å². The highest BCUT2D eigenvalue weighted by molar-refractivity contribution is 7.92. The molecule has 0 bridgehead atoms. The maximum absolute atomic E-state index is 13.3. The van der Waals surface area contributed by atoms with Gasteiger partial charge in [0.2, 0.25) is 0 Å². The lowest BCUT2D eigenvalue weighted by Crippen LogP contribution is -2.51. The second kappa shape index (κ2) is 8.70. The number of fused-ring (bicyclic) bond motifs is 1. The van der Waals surface area contributed by atoms with Gasteiger partial charge in [0.25, 0.3) is 15.9 Å². The number of para-hydroxylation sites is 1. The Bertz CT molecular complexity index is 1160. The number of sulfonamides is 1. The molecule has 2 aromatic rings. The van der Waals surface area contributed by atoms with Crippen molar-refractivity contribution in [2.45, 2.75) is 37.7 Å². The normalized spacial score (nSPS) is 16.5. The number of hydrogen-bond donors (Lipinski definition) is 0. The van der Waals surface area contributed by atoms with Gasteiger partial charge in [-0.05, 0) is 57.0 Å². The molecule has 0 unspecified atom stereocenters. The Morgan fingerprint density at radius 3 is 2.24 bits per heavy atom. The van der Waals surface area contributed by atoms with E-state index < -0.39 is 21.7 Å². The predicted molar refractivity (Wildman–Crippen MR) is 125 cm³/mol. The van der Waals surface area contributed by atoms with Gasteiger partial charge < -0.3 is 14.5 Å². The number of nitrogens with zero attached hydrogens (tertiary/aromatic N) is 3. The summed E-state index contributed by atoms with van der Waals surface area (Å²) in [6, 6.07) is 13.6. The van der Waals surface area contributed by atoms with Gasteiger partial charge in [0.05, 0.1) is 10.6 Å². The average molecular weight is 472 g/mol. The van der Waals surface area contributed by atoms with E-state index in [1.807, 2.05) is 39.0 Å². The highest BCUT2D eigenvalue weighted by Crippen LogP contribution is 2.32. The van der Waals surface area contributed by atoms with E-state index in [9.17, 15) is 18.0 Å². The topological polar surface area (TPSA) is 87.2 Å². The van der Waals surface area contributed by atoms with Crippen LogP contribution in [0.2, 0.25) is 0 Å². The van der Waals surface area contributed by atoms with Gasteiger partial charge in [-0.25, -0.2) is 13.2 Å². The first-order valence-electron chi connectivity index (χ1n) is 11.0. The van der Waals surface area contributed by atoms with Gasteiger partial charge in [0.1, 0.15) is 5.60 Å². The van der Waals surface area contributed by atoms with Crippen molar-refractivity contribution in [3.8, 4) is 0 Å². The Morgan fingerprint density at radius 1 is 0.879 bits per heavy atom. The van der Waals surface area contributed by atoms with Crippen LogP contribution >= 0.6 is 0 Å². The molecule has 9 heteroatoms. The van der Waals surface area contributed by atoms with Crippen molar-refractivity contribution < 1.29 is 22.7 Å². The number of carbonyl (C=O) groups excluding carboxylic acids is 2. The van der Waals surface area contributed by atoms with Crippen LogP contribution in [0.1, 0.15) is 36.7 Å². The molecule has 0 saturated carbocycles. The van der Waals surface area contributed by atoms with Crippen molar-refractivity contribution in [3.63, 3.8) is 0 Å². The number of amides is 2. The van der Waals surface area contributed by atoms with E-state index in [-0.39, 0.29) is 10.8 Å². The zero-order chi connectivity index (χ0) is 23.8. The van der Waals surface area contributed by atoms with Gasteiger partial charge in [0.15, 0.2) is 0 Å². The minimum Gasteiger partial charge on any atom is -0.444 e. The third-order valence-electron chi connectivity index (χ3n) is 5.73. The fraction of sp³-hybridized carbons (Fsp3) is 0.417.